The van der Waals surface area contributed by atoms with E-state index in [0.29, 0.717) is 5.69 Å². The molecule has 1 saturated heterocycles. The van der Waals surface area contributed by atoms with Crippen LogP contribution in [-0.4, -0.2) is 16.7 Å². The lowest BCUT2D eigenvalue weighted by atomic mass is 9.63. The van der Waals surface area contributed by atoms with Crippen LogP contribution >= 0.6 is 0 Å². The third kappa shape index (κ3) is 1.66. The largest absolute Gasteiger partial charge is 0.274 e. The van der Waals surface area contributed by atoms with Gasteiger partial charge in [-0.3, -0.25) is 24.6 Å². The predicted octanol–water partition coefficient (Wildman–Crippen LogP) is 2.30. The number of nitro groups is 1. The van der Waals surface area contributed by atoms with Crippen molar-refractivity contribution in [3.8, 4) is 0 Å². The first-order chi connectivity index (χ1) is 10.6. The highest BCUT2D eigenvalue weighted by molar-refractivity contribution is 6.22. The molecule has 6 nitrogen and oxygen atoms in total. The van der Waals surface area contributed by atoms with Crippen molar-refractivity contribution in [1.29, 1.82) is 0 Å². The summed E-state index contributed by atoms with van der Waals surface area (Å²) in [7, 11) is 0. The Bertz CT molecular complexity index is 677. The first-order valence-electron chi connectivity index (χ1n) is 7.38. The smallest absolute Gasteiger partial charge is 0.269 e. The molecule has 1 heterocycles. The molecule has 0 spiro atoms. The average Bonchev–Trinajstić information content (AvgIpc) is 2.82. The monoisotopic (exact) mass is 298 g/mol. The Morgan fingerprint density at radius 2 is 1.45 bits per heavy atom. The number of benzene rings is 1. The average molecular weight is 298 g/mol. The van der Waals surface area contributed by atoms with Gasteiger partial charge in [-0.1, -0.05) is 12.2 Å². The number of hydrogen-bond donors (Lipinski definition) is 0. The van der Waals surface area contributed by atoms with Crippen LogP contribution in [0, 0.1) is 33.8 Å². The molecule has 1 saturated carbocycles. The van der Waals surface area contributed by atoms with Gasteiger partial charge in [0, 0.05) is 12.1 Å². The molecule has 1 aromatic rings. The number of carbonyl (C=O) groups excluding carboxylic acids is 2. The van der Waals surface area contributed by atoms with Crippen LogP contribution in [-0.2, 0) is 9.59 Å². The number of imide groups is 1. The standard InChI is InChI=1S/C16H14N2O4/c19-15-13-9-1-2-10(4-3-9)14(13)16(20)17(15)11-5-7-12(8-6-11)18(21)22/h1-2,5-10,13-14H,3-4H2/t9-,10+,13-,14?/m1/s1. The van der Waals surface area contributed by atoms with Gasteiger partial charge in [-0.05, 0) is 36.8 Å². The summed E-state index contributed by atoms with van der Waals surface area (Å²) in [6, 6.07) is 5.59. The van der Waals surface area contributed by atoms with E-state index in [2.05, 4.69) is 12.2 Å². The molecule has 3 aliphatic carbocycles. The van der Waals surface area contributed by atoms with Crippen LogP contribution in [0.15, 0.2) is 36.4 Å². The van der Waals surface area contributed by atoms with E-state index in [-0.39, 0.29) is 41.2 Å². The lowest BCUT2D eigenvalue weighted by molar-refractivity contribution is -0.384. The summed E-state index contributed by atoms with van der Waals surface area (Å²) < 4.78 is 0. The lowest BCUT2D eigenvalue weighted by Crippen LogP contribution is -2.38. The zero-order valence-electron chi connectivity index (χ0n) is 11.7. The minimum Gasteiger partial charge on any atom is -0.274 e. The summed E-state index contributed by atoms with van der Waals surface area (Å²) in [5, 5.41) is 10.7. The molecule has 0 N–H and O–H groups in total. The van der Waals surface area contributed by atoms with Gasteiger partial charge < -0.3 is 0 Å². The van der Waals surface area contributed by atoms with Crippen LogP contribution in [0.3, 0.4) is 0 Å². The highest BCUT2D eigenvalue weighted by Crippen LogP contribution is 2.50. The van der Waals surface area contributed by atoms with E-state index in [1.54, 1.807) is 0 Å². The Hall–Kier alpha value is -2.50. The summed E-state index contributed by atoms with van der Waals surface area (Å²) in [5.74, 6) is -0.548. The van der Waals surface area contributed by atoms with Crippen molar-refractivity contribution >= 4 is 23.2 Å². The van der Waals surface area contributed by atoms with Crippen molar-refractivity contribution in [1.82, 2.24) is 0 Å². The Morgan fingerprint density at radius 1 is 0.955 bits per heavy atom. The summed E-state index contributed by atoms with van der Waals surface area (Å²) in [6.45, 7) is 0. The van der Waals surface area contributed by atoms with Gasteiger partial charge in [-0.25, -0.2) is 0 Å². The number of allylic oxidation sites excluding steroid dienone is 2. The van der Waals surface area contributed by atoms with Gasteiger partial charge in [-0.15, -0.1) is 0 Å². The maximum Gasteiger partial charge on any atom is 0.269 e. The third-order valence-electron chi connectivity index (χ3n) is 5.08. The molecule has 0 radical (unpaired) electrons. The molecule has 4 aliphatic rings. The maximum atomic E-state index is 12.7. The molecule has 1 aliphatic heterocycles. The summed E-state index contributed by atoms with van der Waals surface area (Å²) in [5.41, 5.74) is 0.372. The molecule has 1 aromatic carbocycles. The number of anilines is 1. The number of nitrogens with zero attached hydrogens (tertiary/aromatic N) is 2. The van der Waals surface area contributed by atoms with Gasteiger partial charge in [-0.2, -0.15) is 0 Å². The predicted molar refractivity (Wildman–Crippen MR) is 77.9 cm³/mol. The van der Waals surface area contributed by atoms with E-state index in [1.165, 1.54) is 29.2 Å². The van der Waals surface area contributed by atoms with Gasteiger partial charge in [0.15, 0.2) is 0 Å². The molecule has 1 unspecified atom stereocenters. The summed E-state index contributed by atoms with van der Waals surface area (Å²) in [4.78, 5) is 36.8. The van der Waals surface area contributed by atoms with Crippen molar-refractivity contribution in [2.75, 3.05) is 4.90 Å². The minimum atomic E-state index is -0.499. The second-order valence-corrected chi connectivity index (χ2v) is 6.13. The molecular formula is C16H14N2O4. The fourth-order valence-corrected chi connectivity index (χ4v) is 4.05. The van der Waals surface area contributed by atoms with Gasteiger partial charge in [0.1, 0.15) is 0 Å². The normalized spacial score (nSPS) is 32.5. The second kappa shape index (κ2) is 4.50. The van der Waals surface area contributed by atoms with Crippen LogP contribution in [0.5, 0.6) is 0 Å². The van der Waals surface area contributed by atoms with E-state index in [4.69, 9.17) is 0 Å². The Labute approximate surface area is 126 Å². The molecule has 6 heteroatoms. The van der Waals surface area contributed by atoms with Crippen molar-refractivity contribution in [2.45, 2.75) is 12.8 Å². The third-order valence-corrected chi connectivity index (χ3v) is 5.08. The number of rotatable bonds is 2. The highest BCUT2D eigenvalue weighted by Gasteiger charge is 2.56. The van der Waals surface area contributed by atoms with Crippen molar-refractivity contribution < 1.29 is 14.5 Å². The van der Waals surface area contributed by atoms with Crippen molar-refractivity contribution in [3.05, 3.63) is 46.5 Å². The molecule has 2 fully saturated rings. The van der Waals surface area contributed by atoms with E-state index < -0.39 is 4.92 Å². The molecule has 2 amide bonds. The molecule has 5 rings (SSSR count). The summed E-state index contributed by atoms with van der Waals surface area (Å²) in [6.07, 6.45) is 6.05. The van der Waals surface area contributed by atoms with Crippen LogP contribution < -0.4 is 4.90 Å². The number of fused-ring (bicyclic) bond motifs is 1. The van der Waals surface area contributed by atoms with Crippen LogP contribution in [0.1, 0.15) is 12.8 Å². The number of nitro benzene ring substituents is 1. The Morgan fingerprint density at radius 3 is 1.86 bits per heavy atom. The van der Waals surface area contributed by atoms with Crippen LogP contribution in [0.2, 0.25) is 0 Å². The highest BCUT2D eigenvalue weighted by atomic mass is 16.6. The van der Waals surface area contributed by atoms with Crippen molar-refractivity contribution in [2.24, 2.45) is 23.7 Å². The lowest BCUT2D eigenvalue weighted by Gasteiger charge is -2.38. The second-order valence-electron chi connectivity index (χ2n) is 6.13. The molecular weight excluding hydrogens is 284 g/mol. The van der Waals surface area contributed by atoms with Gasteiger partial charge in [0.25, 0.3) is 5.69 Å². The maximum absolute atomic E-state index is 12.7. The molecule has 0 aromatic heterocycles. The number of carbonyl (C=O) groups is 2. The fourth-order valence-electron chi connectivity index (χ4n) is 4.05. The first-order valence-corrected chi connectivity index (χ1v) is 7.38. The quantitative estimate of drug-likeness (QED) is 0.363. The van der Waals surface area contributed by atoms with Gasteiger partial charge >= 0.3 is 0 Å². The molecule has 112 valence electrons. The number of hydrogen-bond acceptors (Lipinski definition) is 4. The first kappa shape index (κ1) is 13.2. The van der Waals surface area contributed by atoms with E-state index in [9.17, 15) is 19.7 Å². The Balaban J connectivity index is 1.70. The zero-order chi connectivity index (χ0) is 15.4. The van der Waals surface area contributed by atoms with Crippen LogP contribution in [0.25, 0.3) is 0 Å². The number of amides is 2. The van der Waals surface area contributed by atoms with Crippen molar-refractivity contribution in [3.63, 3.8) is 0 Å². The van der Waals surface area contributed by atoms with E-state index in [1.807, 2.05) is 0 Å². The zero-order valence-corrected chi connectivity index (χ0v) is 11.7. The fraction of sp³-hybridized carbons (Fsp3) is 0.375. The minimum absolute atomic E-state index is 0.0537. The molecule has 2 bridgehead atoms. The number of non-ortho nitro benzene ring substituents is 1. The molecule has 4 atom stereocenters. The van der Waals surface area contributed by atoms with E-state index in [0.717, 1.165) is 12.8 Å². The topological polar surface area (TPSA) is 80.5 Å². The Kier molecular flexibility index (Phi) is 2.69. The molecule has 22 heavy (non-hydrogen) atoms. The van der Waals surface area contributed by atoms with Crippen LogP contribution in [0.4, 0.5) is 11.4 Å². The summed E-state index contributed by atoms with van der Waals surface area (Å²) >= 11 is 0. The SMILES string of the molecule is O=C1C2[C@H]3C=C[C@H](CC3)[C@H]2C(=O)N1c1ccc([N+](=O)[O-])cc1. The van der Waals surface area contributed by atoms with E-state index >= 15 is 0 Å². The van der Waals surface area contributed by atoms with Gasteiger partial charge in [0.2, 0.25) is 11.8 Å². The van der Waals surface area contributed by atoms with Gasteiger partial charge in [0.05, 0.1) is 22.4 Å².